The van der Waals surface area contributed by atoms with Gasteiger partial charge in [-0.1, -0.05) is 12.1 Å². The number of anilines is 2. The quantitative estimate of drug-likeness (QED) is 0.925. The lowest BCUT2D eigenvalue weighted by molar-refractivity contribution is -0.132. The third-order valence-corrected chi connectivity index (χ3v) is 3.47. The Morgan fingerprint density at radius 1 is 1.32 bits per heavy atom. The van der Waals surface area contributed by atoms with Crippen molar-refractivity contribution in [2.24, 2.45) is 0 Å². The van der Waals surface area contributed by atoms with E-state index in [0.29, 0.717) is 22.9 Å². The van der Waals surface area contributed by atoms with Crippen LogP contribution in [0.3, 0.4) is 0 Å². The van der Waals surface area contributed by atoms with E-state index in [1.807, 2.05) is 0 Å². The summed E-state index contributed by atoms with van der Waals surface area (Å²) in [5.74, 6) is 0.531. The zero-order valence-electron chi connectivity index (χ0n) is 12.3. The molecule has 0 atom stereocenters. The number of carbonyl (C=O) groups excluding carboxylic acids is 1. The fourth-order valence-corrected chi connectivity index (χ4v) is 2.43. The maximum atomic E-state index is 13.4. The first-order chi connectivity index (χ1) is 10.4. The molecule has 6 heteroatoms. The number of fused-ring (bicyclic) bond motifs is 1. The van der Waals surface area contributed by atoms with Crippen LogP contribution in [-0.2, 0) is 11.3 Å². The van der Waals surface area contributed by atoms with Crippen molar-refractivity contribution < 1.29 is 13.9 Å². The summed E-state index contributed by atoms with van der Waals surface area (Å²) in [7, 11) is 0. The number of nitrogens with two attached hydrogens (primary N) is 1. The van der Waals surface area contributed by atoms with E-state index in [2.05, 4.69) is 4.98 Å². The summed E-state index contributed by atoms with van der Waals surface area (Å²) in [5, 5.41) is 0. The molecular weight excluding hydrogens is 285 g/mol. The van der Waals surface area contributed by atoms with Crippen LogP contribution in [0.5, 0.6) is 5.75 Å². The van der Waals surface area contributed by atoms with Crippen molar-refractivity contribution in [2.45, 2.75) is 26.0 Å². The Kier molecular flexibility index (Phi) is 3.24. The van der Waals surface area contributed by atoms with Crippen molar-refractivity contribution in [2.75, 3.05) is 10.6 Å². The van der Waals surface area contributed by atoms with Crippen LogP contribution in [0, 0.1) is 5.82 Å². The maximum absolute atomic E-state index is 13.4. The molecule has 114 valence electrons. The molecule has 5 nitrogen and oxygen atoms in total. The second-order valence-electron chi connectivity index (χ2n) is 5.69. The molecule has 0 saturated heterocycles. The number of hydrogen-bond acceptors (Lipinski definition) is 4. The number of carbonyl (C=O) groups is 1. The highest BCUT2D eigenvalue weighted by molar-refractivity contribution is 6.01. The van der Waals surface area contributed by atoms with E-state index in [1.54, 1.807) is 38.1 Å². The maximum Gasteiger partial charge on any atom is 0.272 e. The molecule has 1 aliphatic rings. The van der Waals surface area contributed by atoms with Gasteiger partial charge in [-0.15, -0.1) is 0 Å². The topological polar surface area (TPSA) is 68.5 Å². The smallest absolute Gasteiger partial charge is 0.272 e. The highest BCUT2D eigenvalue weighted by Crippen LogP contribution is 2.37. The minimum absolute atomic E-state index is 0.201. The van der Waals surface area contributed by atoms with E-state index in [0.717, 1.165) is 0 Å². The Labute approximate surface area is 127 Å². The van der Waals surface area contributed by atoms with Crippen LogP contribution >= 0.6 is 0 Å². The van der Waals surface area contributed by atoms with Crippen LogP contribution in [-0.4, -0.2) is 16.5 Å². The van der Waals surface area contributed by atoms with Crippen molar-refractivity contribution in [1.29, 1.82) is 0 Å². The summed E-state index contributed by atoms with van der Waals surface area (Å²) in [6.45, 7) is 3.58. The highest BCUT2D eigenvalue weighted by atomic mass is 19.1. The normalized spacial score (nSPS) is 16.1. The molecule has 0 unspecified atom stereocenters. The average Bonchev–Trinajstić information content (AvgIpc) is 2.45. The number of hydrogen-bond donors (Lipinski definition) is 1. The number of halogens is 1. The number of pyridine rings is 1. The molecule has 3 rings (SSSR count). The third-order valence-electron chi connectivity index (χ3n) is 3.47. The SMILES string of the molecule is CC1(C)Oc2ccc(N)nc2N(Cc2cccc(F)c2)C1=O. The summed E-state index contributed by atoms with van der Waals surface area (Å²) in [4.78, 5) is 18.3. The van der Waals surface area contributed by atoms with Gasteiger partial charge in [0.15, 0.2) is 17.2 Å². The average molecular weight is 301 g/mol. The van der Waals surface area contributed by atoms with E-state index in [9.17, 15) is 9.18 Å². The van der Waals surface area contributed by atoms with Crippen LogP contribution in [0.15, 0.2) is 36.4 Å². The van der Waals surface area contributed by atoms with Crippen LogP contribution in [0.4, 0.5) is 16.0 Å². The Hall–Kier alpha value is -2.63. The third kappa shape index (κ3) is 2.47. The lowest BCUT2D eigenvalue weighted by Crippen LogP contribution is -2.52. The summed E-state index contributed by atoms with van der Waals surface area (Å²) >= 11 is 0. The van der Waals surface area contributed by atoms with Gasteiger partial charge in [-0.05, 0) is 43.7 Å². The van der Waals surface area contributed by atoms with Crippen LogP contribution in [0.25, 0.3) is 0 Å². The molecule has 1 aromatic carbocycles. The van der Waals surface area contributed by atoms with Gasteiger partial charge in [-0.2, -0.15) is 0 Å². The first kappa shape index (κ1) is 14.3. The van der Waals surface area contributed by atoms with Gasteiger partial charge < -0.3 is 10.5 Å². The number of rotatable bonds is 2. The summed E-state index contributed by atoms with van der Waals surface area (Å²) < 4.78 is 19.1. The predicted molar refractivity (Wildman–Crippen MR) is 80.9 cm³/mol. The number of ether oxygens (including phenoxy) is 1. The van der Waals surface area contributed by atoms with Crippen molar-refractivity contribution in [3.05, 3.63) is 47.8 Å². The van der Waals surface area contributed by atoms with Crippen molar-refractivity contribution in [3.8, 4) is 5.75 Å². The molecule has 0 spiro atoms. The molecule has 2 N–H and O–H groups in total. The van der Waals surface area contributed by atoms with E-state index < -0.39 is 5.60 Å². The molecule has 0 radical (unpaired) electrons. The lowest BCUT2D eigenvalue weighted by atomic mass is 10.0. The molecule has 2 aromatic rings. The van der Waals surface area contributed by atoms with Crippen molar-refractivity contribution in [3.63, 3.8) is 0 Å². The fraction of sp³-hybridized carbons (Fsp3) is 0.250. The molecule has 1 aromatic heterocycles. The number of nitrogen functional groups attached to an aromatic ring is 1. The molecule has 1 aliphatic heterocycles. The zero-order chi connectivity index (χ0) is 15.9. The van der Waals surface area contributed by atoms with Gasteiger partial charge in [0.05, 0.1) is 6.54 Å². The predicted octanol–water partition coefficient (Wildman–Crippen LogP) is 2.51. The van der Waals surface area contributed by atoms with Crippen LogP contribution in [0.2, 0.25) is 0 Å². The van der Waals surface area contributed by atoms with Crippen molar-refractivity contribution in [1.82, 2.24) is 4.98 Å². The molecule has 0 aliphatic carbocycles. The van der Waals surface area contributed by atoms with Gasteiger partial charge in [-0.3, -0.25) is 9.69 Å². The first-order valence-corrected chi connectivity index (χ1v) is 6.89. The van der Waals surface area contributed by atoms with Crippen molar-refractivity contribution >= 4 is 17.5 Å². The van der Waals surface area contributed by atoms with Gasteiger partial charge in [0, 0.05) is 0 Å². The minimum Gasteiger partial charge on any atom is -0.474 e. The summed E-state index contributed by atoms with van der Waals surface area (Å²) in [6, 6.07) is 9.41. The highest BCUT2D eigenvalue weighted by Gasteiger charge is 2.41. The summed E-state index contributed by atoms with van der Waals surface area (Å²) in [5.41, 5.74) is 5.36. The van der Waals surface area contributed by atoms with Gasteiger partial charge in [-0.25, -0.2) is 9.37 Å². The molecule has 2 heterocycles. The Balaban J connectivity index is 2.04. The van der Waals surface area contributed by atoms with Gasteiger partial charge in [0.1, 0.15) is 11.6 Å². The standard InChI is InChI=1S/C16H16FN3O2/c1-16(2)15(21)20(9-10-4-3-5-11(17)8-10)14-12(22-16)6-7-13(18)19-14/h3-8H,9H2,1-2H3,(H2,18,19). The molecular formula is C16H16FN3O2. The zero-order valence-corrected chi connectivity index (χ0v) is 12.3. The van der Waals surface area contributed by atoms with Gasteiger partial charge in [0.2, 0.25) is 0 Å². The molecule has 0 saturated carbocycles. The Morgan fingerprint density at radius 2 is 2.09 bits per heavy atom. The van der Waals surface area contributed by atoms with E-state index in [4.69, 9.17) is 10.5 Å². The fourth-order valence-electron chi connectivity index (χ4n) is 2.43. The summed E-state index contributed by atoms with van der Waals surface area (Å²) in [6.07, 6.45) is 0. The van der Waals surface area contributed by atoms with Gasteiger partial charge in [0.25, 0.3) is 5.91 Å². The molecule has 22 heavy (non-hydrogen) atoms. The second kappa shape index (κ2) is 4.98. The number of aromatic nitrogens is 1. The van der Waals surface area contributed by atoms with E-state index >= 15 is 0 Å². The van der Waals surface area contributed by atoms with Crippen LogP contribution < -0.4 is 15.4 Å². The second-order valence-corrected chi connectivity index (χ2v) is 5.69. The Morgan fingerprint density at radius 3 is 2.82 bits per heavy atom. The monoisotopic (exact) mass is 301 g/mol. The Bertz CT molecular complexity index is 746. The van der Waals surface area contributed by atoms with E-state index in [1.165, 1.54) is 17.0 Å². The van der Waals surface area contributed by atoms with Gasteiger partial charge >= 0.3 is 0 Å². The minimum atomic E-state index is -1.02. The first-order valence-electron chi connectivity index (χ1n) is 6.89. The van der Waals surface area contributed by atoms with Crippen LogP contribution in [0.1, 0.15) is 19.4 Å². The van der Waals surface area contributed by atoms with E-state index in [-0.39, 0.29) is 18.3 Å². The molecule has 0 fully saturated rings. The molecule has 0 bridgehead atoms. The largest absolute Gasteiger partial charge is 0.474 e. The molecule has 1 amide bonds. The number of amides is 1. The number of nitrogens with zero attached hydrogens (tertiary/aromatic N) is 2. The lowest BCUT2D eigenvalue weighted by Gasteiger charge is -2.38. The number of benzene rings is 1.